The van der Waals surface area contributed by atoms with Crippen molar-refractivity contribution >= 4 is 16.5 Å². The van der Waals surface area contributed by atoms with Crippen molar-refractivity contribution in [3.05, 3.63) is 0 Å². The van der Waals surface area contributed by atoms with Gasteiger partial charge in [-0.1, -0.05) is 27.7 Å². The monoisotopic (exact) mass is 178 g/mol. The van der Waals surface area contributed by atoms with Crippen molar-refractivity contribution in [1.82, 2.24) is 0 Å². The van der Waals surface area contributed by atoms with Crippen molar-refractivity contribution in [3.63, 3.8) is 0 Å². The van der Waals surface area contributed by atoms with Crippen LogP contribution in [0.1, 0.15) is 27.7 Å². The Balaban J connectivity index is 3.53. The minimum Gasteiger partial charge on any atom is -0.115 e. The van der Waals surface area contributed by atoms with E-state index < -0.39 is 0 Å². The van der Waals surface area contributed by atoms with Gasteiger partial charge in [0.15, 0.2) is 0 Å². The van der Waals surface area contributed by atoms with Crippen LogP contribution < -0.4 is 0 Å². The maximum Gasteiger partial charge on any atom is -0.00621 e. The Bertz CT molecular complexity index is 69.7. The van der Waals surface area contributed by atoms with Gasteiger partial charge in [-0.2, -0.15) is 0 Å². The standard InChI is InChI=1S/C8H20P2/c1-5-9-8(4)10(6-2)7-3/h8-9H,5-7H2,1-4H3. The molecule has 0 aliphatic rings. The summed E-state index contributed by atoms with van der Waals surface area (Å²) < 4.78 is 0. The number of rotatable bonds is 5. The van der Waals surface area contributed by atoms with Crippen molar-refractivity contribution in [2.45, 2.75) is 33.1 Å². The number of hydrogen-bond donors (Lipinski definition) is 0. The first-order valence-corrected chi connectivity index (χ1v) is 7.30. The summed E-state index contributed by atoms with van der Waals surface area (Å²) in [7, 11) is 1.60. The first-order chi connectivity index (χ1) is 4.76. The molecule has 2 unspecified atom stereocenters. The average molecular weight is 178 g/mol. The maximum absolute atomic E-state index is 2.43. The molecule has 0 saturated heterocycles. The summed E-state index contributed by atoms with van der Waals surface area (Å²) in [4.78, 5) is 0. The highest BCUT2D eigenvalue weighted by Crippen LogP contribution is 2.48. The Kier molecular flexibility index (Phi) is 7.13. The Morgan fingerprint density at radius 1 is 1.20 bits per heavy atom. The van der Waals surface area contributed by atoms with E-state index in [1.807, 2.05) is 0 Å². The lowest BCUT2D eigenvalue weighted by molar-refractivity contribution is 1.28. The lowest BCUT2D eigenvalue weighted by Gasteiger charge is -2.21. The second-order valence-electron chi connectivity index (χ2n) is 2.45. The molecule has 0 radical (unpaired) electrons. The molecule has 0 aromatic rings. The Morgan fingerprint density at radius 2 is 1.70 bits per heavy atom. The predicted octanol–water partition coefficient (Wildman–Crippen LogP) is 3.55. The molecule has 62 valence electrons. The van der Waals surface area contributed by atoms with Crippen LogP contribution >= 0.6 is 16.5 Å². The first kappa shape index (κ1) is 10.9. The van der Waals surface area contributed by atoms with E-state index in [-0.39, 0.29) is 0 Å². The van der Waals surface area contributed by atoms with Gasteiger partial charge in [0.1, 0.15) is 0 Å². The summed E-state index contributed by atoms with van der Waals surface area (Å²) >= 11 is 0. The smallest absolute Gasteiger partial charge is 0.00621 e. The van der Waals surface area contributed by atoms with Gasteiger partial charge in [0.2, 0.25) is 0 Å². The molecule has 0 aliphatic heterocycles. The fourth-order valence-corrected chi connectivity index (χ4v) is 6.01. The third kappa shape index (κ3) is 3.89. The lowest BCUT2D eigenvalue weighted by Crippen LogP contribution is -1.96. The largest absolute Gasteiger partial charge is 0.115 e. The van der Waals surface area contributed by atoms with E-state index in [2.05, 4.69) is 27.7 Å². The SMILES string of the molecule is CCPC(C)P(CC)CC. The minimum atomic E-state index is 0.389. The molecule has 0 rings (SSSR count). The molecule has 0 aromatic heterocycles. The highest BCUT2D eigenvalue weighted by Gasteiger charge is 2.10. The molecule has 0 nitrogen and oxygen atoms in total. The molecule has 0 heterocycles. The van der Waals surface area contributed by atoms with Crippen LogP contribution in [0, 0.1) is 0 Å². The van der Waals surface area contributed by atoms with E-state index in [1.165, 1.54) is 27.1 Å². The second-order valence-corrected chi connectivity index (χ2v) is 8.14. The Hall–Kier alpha value is 0.860. The molecule has 0 aliphatic carbocycles. The zero-order valence-electron chi connectivity index (χ0n) is 7.65. The highest BCUT2D eigenvalue weighted by atomic mass is 31.2. The summed E-state index contributed by atoms with van der Waals surface area (Å²) in [5.74, 6) is 0. The Morgan fingerprint density at radius 3 is 2.00 bits per heavy atom. The summed E-state index contributed by atoms with van der Waals surface area (Å²) in [6.07, 6.45) is 4.25. The molecule has 2 atom stereocenters. The maximum atomic E-state index is 2.43. The van der Waals surface area contributed by atoms with Crippen LogP contribution in [-0.2, 0) is 0 Å². The molecular formula is C8H20P2. The van der Waals surface area contributed by atoms with Crippen LogP contribution in [0.25, 0.3) is 0 Å². The zero-order chi connectivity index (χ0) is 7.98. The van der Waals surface area contributed by atoms with Crippen molar-refractivity contribution in [2.24, 2.45) is 0 Å². The highest BCUT2D eigenvalue weighted by molar-refractivity contribution is 7.68. The molecular weight excluding hydrogens is 158 g/mol. The van der Waals surface area contributed by atoms with Crippen LogP contribution in [0.4, 0.5) is 0 Å². The summed E-state index contributed by atoms with van der Waals surface area (Å²) in [6.45, 7) is 9.41. The summed E-state index contributed by atoms with van der Waals surface area (Å²) in [6, 6.07) is 0. The zero-order valence-corrected chi connectivity index (χ0v) is 9.54. The molecule has 0 N–H and O–H groups in total. The van der Waals surface area contributed by atoms with Gasteiger partial charge < -0.3 is 0 Å². The molecule has 10 heavy (non-hydrogen) atoms. The third-order valence-corrected chi connectivity index (χ3v) is 7.22. The van der Waals surface area contributed by atoms with Crippen LogP contribution in [0.2, 0.25) is 0 Å². The van der Waals surface area contributed by atoms with Crippen molar-refractivity contribution in [1.29, 1.82) is 0 Å². The third-order valence-electron chi connectivity index (χ3n) is 1.86. The molecule has 0 bridgehead atoms. The first-order valence-electron chi connectivity index (χ1n) is 4.23. The van der Waals surface area contributed by atoms with E-state index in [1.54, 1.807) is 0 Å². The molecule has 0 saturated carbocycles. The van der Waals surface area contributed by atoms with Gasteiger partial charge in [0.25, 0.3) is 0 Å². The van der Waals surface area contributed by atoms with E-state index >= 15 is 0 Å². The average Bonchev–Trinajstić information content (AvgIpc) is 1.91. The van der Waals surface area contributed by atoms with Gasteiger partial charge in [0, 0.05) is 0 Å². The summed E-state index contributed by atoms with van der Waals surface area (Å²) in [5, 5.41) is 1.04. The Labute approximate surface area is 68.7 Å². The van der Waals surface area contributed by atoms with E-state index in [0.717, 1.165) is 5.40 Å². The van der Waals surface area contributed by atoms with Gasteiger partial charge in [-0.3, -0.25) is 0 Å². The molecule has 0 spiro atoms. The molecule has 0 aromatic carbocycles. The number of hydrogen-bond acceptors (Lipinski definition) is 0. The van der Waals surface area contributed by atoms with Gasteiger partial charge in [-0.15, -0.1) is 16.5 Å². The molecule has 2 heteroatoms. The van der Waals surface area contributed by atoms with Gasteiger partial charge in [-0.05, 0) is 23.9 Å². The predicted molar refractivity (Wildman–Crippen MR) is 56.3 cm³/mol. The van der Waals surface area contributed by atoms with E-state index in [0.29, 0.717) is 7.92 Å². The van der Waals surface area contributed by atoms with Crippen LogP contribution in [-0.4, -0.2) is 23.9 Å². The fourth-order valence-electron chi connectivity index (χ4n) is 1.20. The van der Waals surface area contributed by atoms with Gasteiger partial charge >= 0.3 is 0 Å². The summed E-state index contributed by atoms with van der Waals surface area (Å²) in [5.41, 5.74) is 0. The van der Waals surface area contributed by atoms with E-state index in [4.69, 9.17) is 0 Å². The van der Waals surface area contributed by atoms with Crippen LogP contribution in [0.3, 0.4) is 0 Å². The van der Waals surface area contributed by atoms with Crippen molar-refractivity contribution in [3.8, 4) is 0 Å². The fraction of sp³-hybridized carbons (Fsp3) is 1.00. The van der Waals surface area contributed by atoms with Crippen molar-refractivity contribution in [2.75, 3.05) is 18.5 Å². The molecule has 0 amide bonds. The minimum absolute atomic E-state index is 0.389. The normalized spacial score (nSPS) is 15.3. The second kappa shape index (κ2) is 6.56. The topological polar surface area (TPSA) is 0 Å². The van der Waals surface area contributed by atoms with Crippen LogP contribution in [0.5, 0.6) is 0 Å². The molecule has 0 fully saturated rings. The quantitative estimate of drug-likeness (QED) is 0.565. The van der Waals surface area contributed by atoms with Crippen LogP contribution in [0.15, 0.2) is 0 Å². The van der Waals surface area contributed by atoms with Gasteiger partial charge in [-0.25, -0.2) is 0 Å². The van der Waals surface area contributed by atoms with E-state index in [9.17, 15) is 0 Å². The van der Waals surface area contributed by atoms with Gasteiger partial charge in [0.05, 0.1) is 0 Å². The van der Waals surface area contributed by atoms with Crippen molar-refractivity contribution < 1.29 is 0 Å². The lowest BCUT2D eigenvalue weighted by atomic mass is 10.9.